The van der Waals surface area contributed by atoms with Gasteiger partial charge in [-0.15, -0.1) is 0 Å². The lowest BCUT2D eigenvalue weighted by Crippen LogP contribution is -2.23. The fourth-order valence-electron chi connectivity index (χ4n) is 1.47. The molecule has 1 rings (SSSR count). The van der Waals surface area contributed by atoms with Crippen LogP contribution in [0.5, 0.6) is 5.75 Å². The fourth-order valence-corrected chi connectivity index (χ4v) is 1.47. The van der Waals surface area contributed by atoms with Gasteiger partial charge in [0.2, 0.25) is 0 Å². The summed E-state index contributed by atoms with van der Waals surface area (Å²) in [6, 6.07) is 8.55. The fraction of sp³-hybridized carbons (Fsp3) is 0.538. The SMILES string of the molecule is CC[C@@H](C)[C@H](C)Nc1cccc(OC)c1. The molecule has 0 saturated heterocycles. The minimum absolute atomic E-state index is 0.488. The summed E-state index contributed by atoms with van der Waals surface area (Å²) in [5, 5.41) is 3.49. The largest absolute Gasteiger partial charge is 0.497 e. The number of benzene rings is 1. The summed E-state index contributed by atoms with van der Waals surface area (Å²) in [7, 11) is 1.69. The van der Waals surface area contributed by atoms with E-state index in [1.165, 1.54) is 6.42 Å². The first kappa shape index (κ1) is 11.9. The van der Waals surface area contributed by atoms with E-state index in [1.807, 2.05) is 18.2 Å². The number of rotatable bonds is 5. The Morgan fingerprint density at radius 2 is 2.07 bits per heavy atom. The van der Waals surface area contributed by atoms with Gasteiger partial charge in [-0.3, -0.25) is 0 Å². The van der Waals surface area contributed by atoms with Gasteiger partial charge in [0, 0.05) is 17.8 Å². The van der Waals surface area contributed by atoms with E-state index in [0.29, 0.717) is 12.0 Å². The lowest BCUT2D eigenvalue weighted by molar-refractivity contribution is 0.415. The Bertz CT molecular complexity index is 298. The van der Waals surface area contributed by atoms with Gasteiger partial charge in [-0.2, -0.15) is 0 Å². The quantitative estimate of drug-likeness (QED) is 0.797. The third-order valence-corrected chi connectivity index (χ3v) is 2.96. The van der Waals surface area contributed by atoms with Gasteiger partial charge in [-0.1, -0.05) is 26.3 Å². The van der Waals surface area contributed by atoms with Crippen molar-refractivity contribution in [2.45, 2.75) is 33.2 Å². The molecule has 0 heterocycles. The first-order chi connectivity index (χ1) is 7.17. The molecule has 2 heteroatoms. The van der Waals surface area contributed by atoms with Crippen LogP contribution < -0.4 is 10.1 Å². The van der Waals surface area contributed by atoms with E-state index < -0.39 is 0 Å². The van der Waals surface area contributed by atoms with Crippen LogP contribution in [0.15, 0.2) is 24.3 Å². The van der Waals surface area contributed by atoms with Crippen molar-refractivity contribution >= 4 is 5.69 Å². The molecular formula is C13H21NO. The summed E-state index contributed by atoms with van der Waals surface area (Å²) >= 11 is 0. The van der Waals surface area contributed by atoms with Crippen LogP contribution in [0.3, 0.4) is 0 Å². The Labute approximate surface area is 92.6 Å². The molecule has 0 aliphatic carbocycles. The molecule has 0 aliphatic heterocycles. The minimum Gasteiger partial charge on any atom is -0.497 e. The molecule has 0 aliphatic rings. The summed E-state index contributed by atoms with van der Waals surface area (Å²) in [5.41, 5.74) is 1.13. The molecule has 2 atom stereocenters. The standard InChI is InChI=1S/C13H21NO/c1-5-10(2)11(3)14-12-7-6-8-13(9-12)15-4/h6-11,14H,5H2,1-4H3/t10-,11+/m1/s1. The molecule has 0 saturated carbocycles. The maximum absolute atomic E-state index is 5.18. The molecule has 84 valence electrons. The molecule has 1 N–H and O–H groups in total. The summed E-state index contributed by atoms with van der Waals surface area (Å²) in [5.74, 6) is 1.58. The highest BCUT2D eigenvalue weighted by atomic mass is 16.5. The van der Waals surface area contributed by atoms with Gasteiger partial charge in [-0.05, 0) is 25.0 Å². The average Bonchev–Trinajstić information content (AvgIpc) is 2.28. The van der Waals surface area contributed by atoms with Gasteiger partial charge >= 0.3 is 0 Å². The second-order valence-corrected chi connectivity index (χ2v) is 4.05. The zero-order valence-electron chi connectivity index (χ0n) is 10.1. The van der Waals surface area contributed by atoms with E-state index in [1.54, 1.807) is 7.11 Å². The van der Waals surface area contributed by atoms with Gasteiger partial charge in [-0.25, -0.2) is 0 Å². The molecule has 0 spiro atoms. The zero-order chi connectivity index (χ0) is 11.3. The second kappa shape index (κ2) is 5.64. The van der Waals surface area contributed by atoms with Crippen molar-refractivity contribution in [3.63, 3.8) is 0 Å². The molecule has 2 nitrogen and oxygen atoms in total. The van der Waals surface area contributed by atoms with E-state index in [4.69, 9.17) is 4.74 Å². The molecule has 1 aromatic rings. The third-order valence-electron chi connectivity index (χ3n) is 2.96. The van der Waals surface area contributed by atoms with Gasteiger partial charge in [0.15, 0.2) is 0 Å². The van der Waals surface area contributed by atoms with Gasteiger partial charge in [0.05, 0.1) is 7.11 Å². The highest BCUT2D eigenvalue weighted by Gasteiger charge is 2.09. The smallest absolute Gasteiger partial charge is 0.120 e. The highest BCUT2D eigenvalue weighted by Crippen LogP contribution is 2.19. The number of nitrogens with one attached hydrogen (secondary N) is 1. The Hall–Kier alpha value is -1.18. The average molecular weight is 207 g/mol. The maximum Gasteiger partial charge on any atom is 0.120 e. The van der Waals surface area contributed by atoms with Crippen LogP contribution in [0.25, 0.3) is 0 Å². The van der Waals surface area contributed by atoms with E-state index in [2.05, 4.69) is 32.2 Å². The van der Waals surface area contributed by atoms with Gasteiger partial charge < -0.3 is 10.1 Å². The number of ether oxygens (including phenoxy) is 1. The van der Waals surface area contributed by atoms with E-state index in [-0.39, 0.29) is 0 Å². The van der Waals surface area contributed by atoms with Crippen molar-refractivity contribution in [3.05, 3.63) is 24.3 Å². The van der Waals surface area contributed by atoms with Crippen LogP contribution in [0.4, 0.5) is 5.69 Å². The molecule has 0 fully saturated rings. The summed E-state index contributed by atoms with van der Waals surface area (Å²) in [4.78, 5) is 0. The molecule has 0 radical (unpaired) electrons. The molecule has 1 aromatic carbocycles. The summed E-state index contributed by atoms with van der Waals surface area (Å²) in [6.45, 7) is 6.69. The van der Waals surface area contributed by atoms with Crippen molar-refractivity contribution in [2.75, 3.05) is 12.4 Å². The second-order valence-electron chi connectivity index (χ2n) is 4.05. The lowest BCUT2D eigenvalue weighted by atomic mass is 10.0. The zero-order valence-corrected chi connectivity index (χ0v) is 10.1. The first-order valence-corrected chi connectivity index (χ1v) is 5.58. The Balaban J connectivity index is 2.63. The Morgan fingerprint density at radius 1 is 1.33 bits per heavy atom. The Kier molecular flexibility index (Phi) is 4.47. The lowest BCUT2D eigenvalue weighted by Gasteiger charge is -2.21. The van der Waals surface area contributed by atoms with Crippen LogP contribution in [-0.2, 0) is 0 Å². The van der Waals surface area contributed by atoms with E-state index in [9.17, 15) is 0 Å². The maximum atomic E-state index is 5.18. The summed E-state index contributed by atoms with van der Waals surface area (Å²) < 4.78 is 5.18. The number of anilines is 1. The Morgan fingerprint density at radius 3 is 2.67 bits per heavy atom. The predicted molar refractivity (Wildman–Crippen MR) is 65.5 cm³/mol. The van der Waals surface area contributed by atoms with Crippen LogP contribution in [0, 0.1) is 5.92 Å². The number of methoxy groups -OCH3 is 1. The van der Waals surface area contributed by atoms with Crippen LogP contribution in [-0.4, -0.2) is 13.2 Å². The molecule has 15 heavy (non-hydrogen) atoms. The van der Waals surface area contributed by atoms with Crippen molar-refractivity contribution in [1.29, 1.82) is 0 Å². The van der Waals surface area contributed by atoms with Crippen molar-refractivity contribution < 1.29 is 4.74 Å². The normalized spacial score (nSPS) is 14.4. The highest BCUT2D eigenvalue weighted by molar-refractivity contribution is 5.48. The first-order valence-electron chi connectivity index (χ1n) is 5.58. The van der Waals surface area contributed by atoms with Crippen molar-refractivity contribution in [3.8, 4) is 5.75 Å². The molecule has 0 bridgehead atoms. The van der Waals surface area contributed by atoms with Crippen LogP contribution >= 0.6 is 0 Å². The summed E-state index contributed by atoms with van der Waals surface area (Å²) in [6.07, 6.45) is 1.19. The molecule has 0 amide bonds. The molecule has 0 aromatic heterocycles. The molecular weight excluding hydrogens is 186 g/mol. The monoisotopic (exact) mass is 207 g/mol. The van der Waals surface area contributed by atoms with Crippen LogP contribution in [0.2, 0.25) is 0 Å². The molecule has 0 unspecified atom stereocenters. The van der Waals surface area contributed by atoms with E-state index >= 15 is 0 Å². The van der Waals surface area contributed by atoms with Crippen molar-refractivity contribution in [1.82, 2.24) is 0 Å². The van der Waals surface area contributed by atoms with E-state index in [0.717, 1.165) is 11.4 Å². The van der Waals surface area contributed by atoms with Crippen molar-refractivity contribution in [2.24, 2.45) is 5.92 Å². The van der Waals surface area contributed by atoms with Gasteiger partial charge in [0.1, 0.15) is 5.75 Å². The van der Waals surface area contributed by atoms with Gasteiger partial charge in [0.25, 0.3) is 0 Å². The number of hydrogen-bond donors (Lipinski definition) is 1. The topological polar surface area (TPSA) is 21.3 Å². The minimum atomic E-state index is 0.488. The van der Waals surface area contributed by atoms with Crippen LogP contribution in [0.1, 0.15) is 27.2 Å². The number of hydrogen-bond acceptors (Lipinski definition) is 2. The third kappa shape index (κ3) is 3.46. The predicted octanol–water partition coefficient (Wildman–Crippen LogP) is 3.54.